The van der Waals surface area contributed by atoms with Gasteiger partial charge in [-0.25, -0.2) is 9.50 Å². The van der Waals surface area contributed by atoms with Crippen LogP contribution in [0.4, 0.5) is 5.82 Å². The molecule has 0 aliphatic carbocycles. The number of likely N-dealkylation sites (tertiary alicyclic amines) is 1. The van der Waals surface area contributed by atoms with E-state index in [0.717, 1.165) is 42.7 Å². The maximum absolute atomic E-state index is 13.0. The number of rotatable bonds is 5. The summed E-state index contributed by atoms with van der Waals surface area (Å²) in [4.78, 5) is 32.9. The lowest BCUT2D eigenvalue weighted by Crippen LogP contribution is -2.35. The molecule has 0 atom stereocenters. The molecule has 1 N–H and O–H groups in total. The van der Waals surface area contributed by atoms with Crippen LogP contribution in [0, 0.1) is 0 Å². The molecule has 3 aromatic rings. The SMILES string of the molecule is CN(C)CC(=O)Nc1ccc(-c2cccc3c(C(=O)N4CCCCC4)cnn23)cn1. The van der Waals surface area contributed by atoms with Crippen LogP contribution in [0.15, 0.2) is 42.7 Å². The van der Waals surface area contributed by atoms with Crippen molar-refractivity contribution >= 4 is 23.1 Å². The van der Waals surface area contributed by atoms with Crippen LogP contribution in [-0.2, 0) is 4.79 Å². The van der Waals surface area contributed by atoms with Gasteiger partial charge in [-0.3, -0.25) is 9.59 Å². The largest absolute Gasteiger partial charge is 0.339 e. The van der Waals surface area contributed by atoms with Gasteiger partial charge in [0.15, 0.2) is 0 Å². The molecule has 0 bridgehead atoms. The number of fused-ring (bicyclic) bond motifs is 1. The number of carbonyl (C=O) groups is 2. The molecule has 8 heteroatoms. The van der Waals surface area contributed by atoms with Crippen molar-refractivity contribution in [2.45, 2.75) is 19.3 Å². The number of piperidine rings is 1. The van der Waals surface area contributed by atoms with Gasteiger partial charge in [-0.2, -0.15) is 5.10 Å². The van der Waals surface area contributed by atoms with Crippen LogP contribution in [0.2, 0.25) is 0 Å². The first-order chi connectivity index (χ1) is 14.5. The second-order valence-corrected chi connectivity index (χ2v) is 7.84. The zero-order valence-electron chi connectivity index (χ0n) is 17.3. The molecular formula is C22H26N6O2. The van der Waals surface area contributed by atoms with Crippen molar-refractivity contribution in [3.63, 3.8) is 0 Å². The molecule has 2 amide bonds. The first kappa shape index (κ1) is 20.0. The van der Waals surface area contributed by atoms with Gasteiger partial charge in [0.1, 0.15) is 5.82 Å². The average molecular weight is 406 g/mol. The van der Waals surface area contributed by atoms with E-state index in [-0.39, 0.29) is 11.8 Å². The van der Waals surface area contributed by atoms with E-state index < -0.39 is 0 Å². The number of pyridine rings is 2. The van der Waals surface area contributed by atoms with E-state index >= 15 is 0 Å². The van der Waals surface area contributed by atoms with E-state index in [2.05, 4.69) is 15.4 Å². The van der Waals surface area contributed by atoms with E-state index in [1.54, 1.807) is 27.9 Å². The molecule has 0 saturated carbocycles. The van der Waals surface area contributed by atoms with Crippen molar-refractivity contribution in [2.24, 2.45) is 0 Å². The van der Waals surface area contributed by atoms with E-state index in [4.69, 9.17) is 0 Å². The summed E-state index contributed by atoms with van der Waals surface area (Å²) < 4.78 is 1.78. The predicted octanol–water partition coefficient (Wildman–Crippen LogP) is 2.52. The van der Waals surface area contributed by atoms with E-state index in [9.17, 15) is 9.59 Å². The standard InChI is InChI=1S/C22H26N6O2/c1-26(2)15-21(29)25-20-10-9-16(13-23-20)18-7-6-8-19-17(14-24-28(18)19)22(30)27-11-4-3-5-12-27/h6-10,13-14H,3-5,11-12,15H2,1-2H3,(H,23,25,29). The maximum Gasteiger partial charge on any atom is 0.257 e. The monoisotopic (exact) mass is 406 g/mol. The van der Waals surface area contributed by atoms with Crippen molar-refractivity contribution < 1.29 is 9.59 Å². The van der Waals surface area contributed by atoms with Crippen LogP contribution in [0.25, 0.3) is 16.8 Å². The molecule has 1 aliphatic heterocycles. The number of aromatic nitrogens is 3. The second kappa shape index (κ2) is 8.62. The first-order valence-corrected chi connectivity index (χ1v) is 10.2. The summed E-state index contributed by atoms with van der Waals surface area (Å²) >= 11 is 0. The number of nitrogens with zero attached hydrogens (tertiary/aromatic N) is 5. The van der Waals surface area contributed by atoms with Gasteiger partial charge in [0.25, 0.3) is 5.91 Å². The number of hydrogen-bond acceptors (Lipinski definition) is 5. The molecule has 1 saturated heterocycles. The van der Waals surface area contributed by atoms with Gasteiger partial charge in [-0.1, -0.05) is 6.07 Å². The third-order valence-corrected chi connectivity index (χ3v) is 5.20. The average Bonchev–Trinajstić information content (AvgIpc) is 3.18. The minimum absolute atomic E-state index is 0.0407. The fourth-order valence-electron chi connectivity index (χ4n) is 3.75. The Morgan fingerprint density at radius 2 is 1.87 bits per heavy atom. The van der Waals surface area contributed by atoms with Gasteiger partial charge < -0.3 is 15.1 Å². The Morgan fingerprint density at radius 3 is 2.57 bits per heavy atom. The number of amides is 2. The molecular weight excluding hydrogens is 380 g/mol. The zero-order valence-corrected chi connectivity index (χ0v) is 17.3. The molecule has 0 spiro atoms. The lowest BCUT2D eigenvalue weighted by atomic mass is 10.1. The van der Waals surface area contributed by atoms with Gasteiger partial charge in [0.2, 0.25) is 5.91 Å². The fraction of sp³-hybridized carbons (Fsp3) is 0.364. The highest BCUT2D eigenvalue weighted by molar-refractivity contribution is 6.01. The van der Waals surface area contributed by atoms with Crippen molar-refractivity contribution in [2.75, 3.05) is 39.0 Å². The van der Waals surface area contributed by atoms with E-state index in [1.807, 2.05) is 43.3 Å². The smallest absolute Gasteiger partial charge is 0.257 e. The molecule has 156 valence electrons. The Bertz CT molecular complexity index is 1050. The van der Waals surface area contributed by atoms with Crippen LogP contribution in [-0.4, -0.2) is 69.9 Å². The summed E-state index contributed by atoms with van der Waals surface area (Å²) in [5.41, 5.74) is 3.10. The topological polar surface area (TPSA) is 82.8 Å². The Hall–Kier alpha value is -3.26. The molecule has 0 radical (unpaired) electrons. The Balaban J connectivity index is 1.58. The molecule has 8 nitrogen and oxygen atoms in total. The molecule has 0 aromatic carbocycles. The van der Waals surface area contributed by atoms with Gasteiger partial charge in [0.05, 0.1) is 29.5 Å². The maximum atomic E-state index is 13.0. The molecule has 1 aliphatic rings. The van der Waals surface area contributed by atoms with Crippen molar-refractivity contribution in [1.82, 2.24) is 24.4 Å². The minimum Gasteiger partial charge on any atom is -0.339 e. The van der Waals surface area contributed by atoms with Crippen LogP contribution < -0.4 is 5.32 Å². The first-order valence-electron chi connectivity index (χ1n) is 10.2. The highest BCUT2D eigenvalue weighted by atomic mass is 16.2. The van der Waals surface area contributed by atoms with Gasteiger partial charge in [0, 0.05) is 24.8 Å². The zero-order chi connectivity index (χ0) is 21.1. The number of nitrogens with one attached hydrogen (secondary N) is 1. The second-order valence-electron chi connectivity index (χ2n) is 7.84. The summed E-state index contributed by atoms with van der Waals surface area (Å²) in [7, 11) is 3.68. The number of likely N-dealkylation sites (N-methyl/N-ethyl adjacent to an activating group) is 1. The third kappa shape index (κ3) is 4.18. The summed E-state index contributed by atoms with van der Waals surface area (Å²) in [5.74, 6) is 0.424. The van der Waals surface area contributed by atoms with Crippen LogP contribution in [0.1, 0.15) is 29.6 Å². The number of hydrogen-bond donors (Lipinski definition) is 1. The lowest BCUT2D eigenvalue weighted by molar-refractivity contribution is -0.116. The lowest BCUT2D eigenvalue weighted by Gasteiger charge is -2.26. The molecule has 4 heterocycles. The Morgan fingerprint density at radius 1 is 1.07 bits per heavy atom. The van der Waals surface area contributed by atoms with Gasteiger partial charge in [-0.05, 0) is 57.6 Å². The Labute approximate surface area is 175 Å². The molecule has 0 unspecified atom stereocenters. The third-order valence-electron chi connectivity index (χ3n) is 5.20. The van der Waals surface area contributed by atoms with Crippen LogP contribution in [0.3, 0.4) is 0 Å². The minimum atomic E-state index is -0.115. The Kier molecular flexibility index (Phi) is 5.76. The molecule has 1 fully saturated rings. The highest BCUT2D eigenvalue weighted by Gasteiger charge is 2.22. The van der Waals surface area contributed by atoms with Crippen molar-refractivity contribution in [3.05, 3.63) is 48.3 Å². The quantitative estimate of drug-likeness (QED) is 0.704. The number of anilines is 1. The number of carbonyl (C=O) groups excluding carboxylic acids is 2. The summed E-state index contributed by atoms with van der Waals surface area (Å²) in [6, 6.07) is 9.44. The van der Waals surface area contributed by atoms with Gasteiger partial charge >= 0.3 is 0 Å². The predicted molar refractivity (Wildman–Crippen MR) is 115 cm³/mol. The van der Waals surface area contributed by atoms with Crippen LogP contribution >= 0.6 is 0 Å². The van der Waals surface area contributed by atoms with Crippen molar-refractivity contribution in [3.8, 4) is 11.3 Å². The molecule has 30 heavy (non-hydrogen) atoms. The molecule has 3 aromatic heterocycles. The summed E-state index contributed by atoms with van der Waals surface area (Å²) in [5, 5.41) is 7.26. The van der Waals surface area contributed by atoms with E-state index in [1.165, 1.54) is 6.42 Å². The summed E-state index contributed by atoms with van der Waals surface area (Å²) in [6.07, 6.45) is 6.65. The highest BCUT2D eigenvalue weighted by Crippen LogP contribution is 2.24. The van der Waals surface area contributed by atoms with Gasteiger partial charge in [-0.15, -0.1) is 0 Å². The van der Waals surface area contributed by atoms with Crippen molar-refractivity contribution in [1.29, 1.82) is 0 Å². The summed E-state index contributed by atoms with van der Waals surface area (Å²) in [6.45, 7) is 1.91. The van der Waals surface area contributed by atoms with Crippen LogP contribution in [0.5, 0.6) is 0 Å². The van der Waals surface area contributed by atoms with E-state index in [0.29, 0.717) is 17.9 Å². The molecule has 4 rings (SSSR count). The fourth-order valence-corrected chi connectivity index (χ4v) is 3.75. The normalized spacial score (nSPS) is 14.3.